The molecular formula is C25H24N4O4S2. The highest BCUT2D eigenvalue weighted by Gasteiger charge is 2.35. The van der Waals surface area contributed by atoms with Crippen molar-refractivity contribution in [3.05, 3.63) is 82.2 Å². The summed E-state index contributed by atoms with van der Waals surface area (Å²) < 4.78 is 25.0. The molecule has 3 N–H and O–H groups in total. The van der Waals surface area contributed by atoms with Crippen molar-refractivity contribution < 1.29 is 18.0 Å². The van der Waals surface area contributed by atoms with Gasteiger partial charge in [-0.1, -0.05) is 17.7 Å². The summed E-state index contributed by atoms with van der Waals surface area (Å²) in [7, 11) is -3.80. The molecule has 0 atom stereocenters. The SMILES string of the molecule is Cc1ccc(N2C(=O)/C(=C/c3cc(C)n(-c4ccc(S(N)(=O)=O)cc4)c3C)C(=O)NC2=S)c(C)c1. The molecular weight excluding hydrogens is 484 g/mol. The van der Waals surface area contributed by atoms with Gasteiger partial charge >= 0.3 is 0 Å². The monoisotopic (exact) mass is 508 g/mol. The highest BCUT2D eigenvalue weighted by Crippen LogP contribution is 2.28. The standard InChI is InChI=1S/C25H24N4O4S2/c1-14-5-10-22(15(2)11-14)29-24(31)21(23(30)27-25(29)34)13-18-12-16(3)28(17(18)4)19-6-8-20(9-7-19)35(26,32)33/h5-13H,1-4H3,(H2,26,32,33)(H,27,30,34)/b21-13+. The molecule has 0 spiro atoms. The van der Waals surface area contributed by atoms with Crippen LogP contribution >= 0.6 is 12.2 Å². The Balaban J connectivity index is 1.75. The number of rotatable bonds is 4. The number of primary sulfonamides is 1. The molecule has 4 rings (SSSR count). The topological polar surface area (TPSA) is 114 Å². The second-order valence-electron chi connectivity index (χ2n) is 8.45. The van der Waals surface area contributed by atoms with Crippen LogP contribution in [0, 0.1) is 27.7 Å². The van der Waals surface area contributed by atoms with Gasteiger partial charge in [0, 0.05) is 17.1 Å². The molecule has 3 aromatic rings. The van der Waals surface area contributed by atoms with E-state index < -0.39 is 21.8 Å². The number of carbonyl (C=O) groups is 2. The van der Waals surface area contributed by atoms with E-state index in [9.17, 15) is 18.0 Å². The molecule has 180 valence electrons. The Morgan fingerprint density at radius 2 is 1.63 bits per heavy atom. The minimum Gasteiger partial charge on any atom is -0.318 e. The predicted octanol–water partition coefficient (Wildman–Crippen LogP) is 3.19. The molecule has 0 saturated carbocycles. The Morgan fingerprint density at radius 3 is 2.23 bits per heavy atom. The summed E-state index contributed by atoms with van der Waals surface area (Å²) in [6, 6.07) is 13.6. The van der Waals surface area contributed by atoms with Crippen LogP contribution in [-0.2, 0) is 19.6 Å². The van der Waals surface area contributed by atoms with Gasteiger partial charge in [0.25, 0.3) is 11.8 Å². The lowest BCUT2D eigenvalue weighted by Crippen LogP contribution is -2.54. The Bertz CT molecular complexity index is 1530. The summed E-state index contributed by atoms with van der Waals surface area (Å²) in [5.74, 6) is -1.07. The van der Waals surface area contributed by atoms with E-state index in [0.717, 1.165) is 28.2 Å². The molecule has 8 nitrogen and oxygen atoms in total. The van der Waals surface area contributed by atoms with Crippen LogP contribution in [0.2, 0.25) is 0 Å². The van der Waals surface area contributed by atoms with Crippen molar-refractivity contribution in [1.82, 2.24) is 9.88 Å². The lowest BCUT2D eigenvalue weighted by molar-refractivity contribution is -0.122. The first-order valence-corrected chi connectivity index (χ1v) is 12.6. The van der Waals surface area contributed by atoms with Gasteiger partial charge < -0.3 is 4.57 Å². The largest absolute Gasteiger partial charge is 0.318 e. The molecule has 1 saturated heterocycles. The third-order valence-corrected chi connectivity index (χ3v) is 7.10. The summed E-state index contributed by atoms with van der Waals surface area (Å²) in [4.78, 5) is 27.5. The van der Waals surface area contributed by atoms with E-state index in [2.05, 4.69) is 5.32 Å². The number of aryl methyl sites for hydroxylation is 3. The van der Waals surface area contributed by atoms with Crippen molar-refractivity contribution in [1.29, 1.82) is 0 Å². The van der Waals surface area contributed by atoms with Gasteiger partial charge in [0.2, 0.25) is 10.0 Å². The number of anilines is 1. The quantitative estimate of drug-likeness (QED) is 0.319. The first-order valence-electron chi connectivity index (χ1n) is 10.7. The van der Waals surface area contributed by atoms with Gasteiger partial charge in [-0.2, -0.15) is 0 Å². The Hall–Kier alpha value is -3.60. The number of benzene rings is 2. The number of thiocarbonyl (C=S) groups is 1. The molecule has 1 aliphatic rings. The van der Waals surface area contributed by atoms with Gasteiger partial charge in [-0.3, -0.25) is 19.8 Å². The third kappa shape index (κ3) is 4.55. The van der Waals surface area contributed by atoms with Crippen LogP contribution < -0.4 is 15.4 Å². The normalized spacial score (nSPS) is 15.6. The molecule has 10 heteroatoms. The van der Waals surface area contributed by atoms with Gasteiger partial charge in [-0.05, 0) is 93.5 Å². The van der Waals surface area contributed by atoms with Crippen LogP contribution in [0.15, 0.2) is 59.0 Å². The zero-order chi connectivity index (χ0) is 25.7. The first-order chi connectivity index (χ1) is 16.4. The average Bonchev–Trinajstić information content (AvgIpc) is 3.04. The number of carbonyl (C=O) groups excluding carboxylic acids is 2. The zero-order valence-corrected chi connectivity index (χ0v) is 21.3. The lowest BCUT2D eigenvalue weighted by atomic mass is 10.0. The highest BCUT2D eigenvalue weighted by molar-refractivity contribution is 7.89. The molecule has 2 aromatic carbocycles. The fourth-order valence-electron chi connectivity index (χ4n) is 4.20. The summed E-state index contributed by atoms with van der Waals surface area (Å²) >= 11 is 5.31. The number of hydrogen-bond donors (Lipinski definition) is 2. The summed E-state index contributed by atoms with van der Waals surface area (Å²) in [6.07, 6.45) is 1.55. The van der Waals surface area contributed by atoms with E-state index in [1.54, 1.807) is 24.3 Å². The van der Waals surface area contributed by atoms with Crippen molar-refractivity contribution in [3.8, 4) is 5.69 Å². The number of nitrogens with two attached hydrogens (primary N) is 1. The molecule has 1 aromatic heterocycles. The van der Waals surface area contributed by atoms with E-state index in [-0.39, 0.29) is 15.6 Å². The second kappa shape index (κ2) is 8.88. The van der Waals surface area contributed by atoms with E-state index in [1.165, 1.54) is 17.0 Å². The van der Waals surface area contributed by atoms with Crippen LogP contribution in [0.5, 0.6) is 0 Å². The fourth-order valence-corrected chi connectivity index (χ4v) is 4.99. The predicted molar refractivity (Wildman–Crippen MR) is 139 cm³/mol. The fraction of sp³-hybridized carbons (Fsp3) is 0.160. The van der Waals surface area contributed by atoms with E-state index in [4.69, 9.17) is 17.4 Å². The summed E-state index contributed by atoms with van der Waals surface area (Å²) in [5.41, 5.74) is 5.47. The van der Waals surface area contributed by atoms with Crippen molar-refractivity contribution in [2.75, 3.05) is 4.90 Å². The molecule has 0 bridgehead atoms. The van der Waals surface area contributed by atoms with Crippen LogP contribution in [0.1, 0.15) is 28.1 Å². The average molecular weight is 509 g/mol. The van der Waals surface area contributed by atoms with Crippen molar-refractivity contribution in [3.63, 3.8) is 0 Å². The molecule has 0 unspecified atom stereocenters. The molecule has 2 heterocycles. The maximum atomic E-state index is 13.4. The first kappa shape index (κ1) is 24.5. The molecule has 0 radical (unpaired) electrons. The van der Waals surface area contributed by atoms with Crippen molar-refractivity contribution in [2.24, 2.45) is 5.14 Å². The van der Waals surface area contributed by atoms with Gasteiger partial charge in [0.1, 0.15) is 5.57 Å². The minimum atomic E-state index is -3.80. The molecule has 2 amide bonds. The van der Waals surface area contributed by atoms with Crippen LogP contribution in [0.25, 0.3) is 11.8 Å². The van der Waals surface area contributed by atoms with Gasteiger partial charge in [-0.25, -0.2) is 13.6 Å². The summed E-state index contributed by atoms with van der Waals surface area (Å²) in [6.45, 7) is 7.57. The molecule has 1 fully saturated rings. The molecule has 35 heavy (non-hydrogen) atoms. The second-order valence-corrected chi connectivity index (χ2v) is 10.4. The van der Waals surface area contributed by atoms with Gasteiger partial charge in [-0.15, -0.1) is 0 Å². The van der Waals surface area contributed by atoms with Crippen LogP contribution in [0.4, 0.5) is 5.69 Å². The van der Waals surface area contributed by atoms with E-state index in [0.29, 0.717) is 11.3 Å². The van der Waals surface area contributed by atoms with Crippen molar-refractivity contribution in [2.45, 2.75) is 32.6 Å². The van der Waals surface area contributed by atoms with Crippen LogP contribution in [-0.4, -0.2) is 29.9 Å². The van der Waals surface area contributed by atoms with E-state index >= 15 is 0 Å². The minimum absolute atomic E-state index is 0.0120. The molecule has 1 aliphatic heterocycles. The maximum Gasteiger partial charge on any atom is 0.270 e. The number of sulfonamides is 1. The van der Waals surface area contributed by atoms with Gasteiger partial charge in [0.15, 0.2) is 5.11 Å². The number of nitrogens with zero attached hydrogens (tertiary/aromatic N) is 2. The number of hydrogen-bond acceptors (Lipinski definition) is 5. The zero-order valence-electron chi connectivity index (χ0n) is 19.6. The summed E-state index contributed by atoms with van der Waals surface area (Å²) in [5, 5.41) is 7.84. The molecule has 0 aliphatic carbocycles. The van der Waals surface area contributed by atoms with Gasteiger partial charge in [0.05, 0.1) is 10.6 Å². The highest BCUT2D eigenvalue weighted by atomic mass is 32.2. The maximum absolute atomic E-state index is 13.4. The van der Waals surface area contributed by atoms with E-state index in [1.807, 2.05) is 50.5 Å². The number of aromatic nitrogens is 1. The smallest absolute Gasteiger partial charge is 0.270 e. The number of amides is 2. The third-order valence-electron chi connectivity index (χ3n) is 5.89. The van der Waals surface area contributed by atoms with Crippen LogP contribution in [0.3, 0.4) is 0 Å². The number of nitrogens with one attached hydrogen (secondary N) is 1. The Morgan fingerprint density at radius 1 is 0.971 bits per heavy atom. The lowest BCUT2D eigenvalue weighted by Gasteiger charge is -2.30. The van der Waals surface area contributed by atoms with Crippen molar-refractivity contribution >= 4 is 50.9 Å². The Kier molecular flexibility index (Phi) is 6.22. The Labute approximate surface area is 209 Å².